The van der Waals surface area contributed by atoms with Gasteiger partial charge in [0.1, 0.15) is 0 Å². The van der Waals surface area contributed by atoms with Crippen LogP contribution in [0.3, 0.4) is 0 Å². The summed E-state index contributed by atoms with van der Waals surface area (Å²) in [5.74, 6) is 0. The molecule has 0 saturated heterocycles. The zero-order chi connectivity index (χ0) is 17.2. The maximum absolute atomic E-state index is 12.7. The van der Waals surface area contributed by atoms with Crippen molar-refractivity contribution in [1.29, 1.82) is 0 Å². The molecule has 0 bridgehead atoms. The van der Waals surface area contributed by atoms with E-state index in [4.69, 9.17) is 0 Å². The number of anilines is 1. The van der Waals surface area contributed by atoms with Crippen molar-refractivity contribution in [2.45, 2.75) is 18.7 Å². The highest BCUT2D eigenvalue weighted by molar-refractivity contribution is 7.92. The molecule has 0 aromatic heterocycles. The third-order valence-electron chi connectivity index (χ3n) is 3.94. The summed E-state index contributed by atoms with van der Waals surface area (Å²) in [6.07, 6.45) is 0. The van der Waals surface area contributed by atoms with E-state index in [2.05, 4.69) is 4.72 Å². The average molecular weight is 337 g/mol. The minimum absolute atomic E-state index is 0.257. The second-order valence-electron chi connectivity index (χ2n) is 5.78. The molecule has 3 nitrogen and oxygen atoms in total. The van der Waals surface area contributed by atoms with Crippen molar-refractivity contribution in [1.82, 2.24) is 0 Å². The first-order chi connectivity index (χ1) is 11.5. The Hall–Kier alpha value is -2.59. The van der Waals surface area contributed by atoms with Gasteiger partial charge in [0.05, 0.1) is 10.6 Å². The Balaban J connectivity index is 2.02. The van der Waals surface area contributed by atoms with Gasteiger partial charge in [0.2, 0.25) is 0 Å². The van der Waals surface area contributed by atoms with Gasteiger partial charge >= 0.3 is 0 Å². The Bertz CT molecular complexity index is 961. The van der Waals surface area contributed by atoms with Gasteiger partial charge in [-0.1, -0.05) is 60.2 Å². The lowest BCUT2D eigenvalue weighted by Gasteiger charge is -2.14. The molecule has 24 heavy (non-hydrogen) atoms. The summed E-state index contributed by atoms with van der Waals surface area (Å²) in [6, 6.07) is 22.2. The van der Waals surface area contributed by atoms with Gasteiger partial charge < -0.3 is 0 Å². The first-order valence-corrected chi connectivity index (χ1v) is 9.20. The van der Waals surface area contributed by atoms with Gasteiger partial charge in [-0.15, -0.1) is 0 Å². The van der Waals surface area contributed by atoms with E-state index in [9.17, 15) is 8.42 Å². The summed E-state index contributed by atoms with van der Waals surface area (Å²) >= 11 is 0. The molecule has 0 radical (unpaired) electrons. The fourth-order valence-electron chi connectivity index (χ4n) is 2.60. The quantitative estimate of drug-likeness (QED) is 0.745. The summed E-state index contributed by atoms with van der Waals surface area (Å²) in [4.78, 5) is 0.257. The van der Waals surface area contributed by atoms with Crippen molar-refractivity contribution in [3.8, 4) is 11.1 Å². The summed E-state index contributed by atoms with van der Waals surface area (Å²) in [6.45, 7) is 3.94. The van der Waals surface area contributed by atoms with Crippen molar-refractivity contribution in [2.24, 2.45) is 0 Å². The fraction of sp³-hybridized carbons (Fsp3) is 0.100. The normalized spacial score (nSPS) is 11.2. The number of sulfonamides is 1. The van der Waals surface area contributed by atoms with Gasteiger partial charge in [-0.2, -0.15) is 0 Å². The Labute approximate surface area is 143 Å². The molecule has 0 aliphatic carbocycles. The molecule has 122 valence electrons. The maximum Gasteiger partial charge on any atom is 0.261 e. The topological polar surface area (TPSA) is 46.2 Å². The average Bonchev–Trinajstić information content (AvgIpc) is 2.56. The van der Waals surface area contributed by atoms with E-state index in [1.54, 1.807) is 30.3 Å². The number of benzene rings is 3. The Kier molecular flexibility index (Phi) is 4.40. The fourth-order valence-corrected chi connectivity index (χ4v) is 3.68. The van der Waals surface area contributed by atoms with Crippen LogP contribution < -0.4 is 4.72 Å². The highest BCUT2D eigenvalue weighted by Gasteiger charge is 2.16. The second-order valence-corrected chi connectivity index (χ2v) is 7.46. The SMILES string of the molecule is Cc1ccc(S(=O)(=O)Nc2ccccc2-c2ccccc2C)cc1. The van der Waals surface area contributed by atoms with E-state index in [1.807, 2.05) is 56.3 Å². The van der Waals surface area contributed by atoms with E-state index in [-0.39, 0.29) is 4.90 Å². The summed E-state index contributed by atoms with van der Waals surface area (Å²) in [5.41, 5.74) is 4.58. The monoisotopic (exact) mass is 337 g/mol. The van der Waals surface area contributed by atoms with E-state index < -0.39 is 10.0 Å². The smallest absolute Gasteiger partial charge is 0.261 e. The van der Waals surface area contributed by atoms with Crippen LogP contribution in [-0.2, 0) is 10.0 Å². The lowest BCUT2D eigenvalue weighted by molar-refractivity contribution is 0.601. The van der Waals surface area contributed by atoms with Crippen LogP contribution in [-0.4, -0.2) is 8.42 Å². The highest BCUT2D eigenvalue weighted by atomic mass is 32.2. The maximum atomic E-state index is 12.7. The van der Waals surface area contributed by atoms with E-state index >= 15 is 0 Å². The number of hydrogen-bond donors (Lipinski definition) is 1. The summed E-state index contributed by atoms with van der Waals surface area (Å²) < 4.78 is 28.1. The van der Waals surface area contributed by atoms with Gasteiger partial charge in [-0.3, -0.25) is 4.72 Å². The predicted octanol–water partition coefficient (Wildman–Crippen LogP) is 4.77. The molecule has 0 atom stereocenters. The van der Waals surface area contributed by atoms with Crippen molar-refractivity contribution >= 4 is 15.7 Å². The van der Waals surface area contributed by atoms with Gasteiger partial charge in [0.25, 0.3) is 10.0 Å². The van der Waals surface area contributed by atoms with Crippen LogP contribution in [0.4, 0.5) is 5.69 Å². The number of rotatable bonds is 4. The third-order valence-corrected chi connectivity index (χ3v) is 5.32. The first kappa shape index (κ1) is 16.3. The van der Waals surface area contributed by atoms with E-state index in [0.717, 1.165) is 22.3 Å². The number of para-hydroxylation sites is 1. The zero-order valence-electron chi connectivity index (χ0n) is 13.7. The first-order valence-electron chi connectivity index (χ1n) is 7.72. The Morgan fingerprint density at radius 3 is 1.96 bits per heavy atom. The molecule has 0 aliphatic heterocycles. The molecule has 3 rings (SSSR count). The van der Waals surface area contributed by atoms with E-state index in [0.29, 0.717) is 5.69 Å². The molecule has 0 aliphatic rings. The van der Waals surface area contributed by atoms with Crippen LogP contribution in [0.5, 0.6) is 0 Å². The molecule has 0 unspecified atom stereocenters. The largest absolute Gasteiger partial charge is 0.279 e. The zero-order valence-corrected chi connectivity index (χ0v) is 14.5. The van der Waals surface area contributed by atoms with Crippen molar-refractivity contribution < 1.29 is 8.42 Å². The molecule has 0 saturated carbocycles. The molecule has 4 heteroatoms. The van der Waals surface area contributed by atoms with E-state index in [1.165, 1.54) is 0 Å². The third kappa shape index (κ3) is 3.34. The highest BCUT2D eigenvalue weighted by Crippen LogP contribution is 2.31. The van der Waals surface area contributed by atoms with Crippen molar-refractivity contribution in [2.75, 3.05) is 4.72 Å². The number of nitrogens with one attached hydrogen (secondary N) is 1. The Morgan fingerprint density at radius 2 is 1.29 bits per heavy atom. The molecular weight excluding hydrogens is 318 g/mol. The van der Waals surface area contributed by atoms with Crippen molar-refractivity contribution in [3.63, 3.8) is 0 Å². The minimum Gasteiger partial charge on any atom is -0.279 e. The minimum atomic E-state index is -3.62. The van der Waals surface area contributed by atoms with Gasteiger partial charge in [-0.05, 0) is 43.2 Å². The van der Waals surface area contributed by atoms with Crippen molar-refractivity contribution in [3.05, 3.63) is 83.9 Å². The van der Waals surface area contributed by atoms with Crippen LogP contribution in [0.2, 0.25) is 0 Å². The molecule has 0 heterocycles. The second kappa shape index (κ2) is 6.49. The Morgan fingerprint density at radius 1 is 0.708 bits per heavy atom. The molecule has 0 fully saturated rings. The lowest BCUT2D eigenvalue weighted by atomic mass is 9.99. The van der Waals surface area contributed by atoms with Crippen LogP contribution in [0.25, 0.3) is 11.1 Å². The van der Waals surface area contributed by atoms with Crippen LogP contribution in [0.1, 0.15) is 11.1 Å². The predicted molar refractivity (Wildman–Crippen MR) is 98.6 cm³/mol. The van der Waals surface area contributed by atoms with Gasteiger partial charge in [-0.25, -0.2) is 8.42 Å². The van der Waals surface area contributed by atoms with Gasteiger partial charge in [0.15, 0.2) is 0 Å². The van der Waals surface area contributed by atoms with Crippen LogP contribution in [0.15, 0.2) is 77.7 Å². The molecule has 3 aromatic carbocycles. The number of aryl methyl sites for hydroxylation is 2. The molecule has 3 aromatic rings. The summed E-state index contributed by atoms with van der Waals surface area (Å²) in [5, 5.41) is 0. The van der Waals surface area contributed by atoms with Crippen LogP contribution >= 0.6 is 0 Å². The van der Waals surface area contributed by atoms with Crippen LogP contribution in [0, 0.1) is 13.8 Å². The number of hydrogen-bond acceptors (Lipinski definition) is 2. The molecule has 1 N–H and O–H groups in total. The lowest BCUT2D eigenvalue weighted by Crippen LogP contribution is -2.13. The van der Waals surface area contributed by atoms with Gasteiger partial charge in [0, 0.05) is 5.56 Å². The summed E-state index contributed by atoms with van der Waals surface area (Å²) in [7, 11) is -3.62. The standard InChI is InChI=1S/C20H19NO2S/c1-15-11-13-17(14-12-15)24(22,23)21-20-10-6-5-9-19(20)18-8-4-3-7-16(18)2/h3-14,21H,1-2H3. The molecular formula is C20H19NO2S. The molecule has 0 amide bonds. The molecule has 0 spiro atoms.